The van der Waals surface area contributed by atoms with Gasteiger partial charge in [-0.1, -0.05) is 34.1 Å². The highest BCUT2D eigenvalue weighted by Gasteiger charge is 2.33. The van der Waals surface area contributed by atoms with Gasteiger partial charge in [0.05, 0.1) is 12.5 Å². The van der Waals surface area contributed by atoms with Gasteiger partial charge in [0.1, 0.15) is 18.1 Å². The molecule has 0 aliphatic carbocycles. The molecule has 30 heavy (non-hydrogen) atoms. The molecule has 0 saturated heterocycles. The lowest BCUT2D eigenvalue weighted by Crippen LogP contribution is -2.59. The average molecular weight is 448 g/mol. The van der Waals surface area contributed by atoms with Crippen molar-refractivity contribution < 1.29 is 29.1 Å². The maximum Gasteiger partial charge on any atom is 0.326 e. The van der Waals surface area contributed by atoms with E-state index in [0.29, 0.717) is 6.42 Å². The third-order valence-electron chi connectivity index (χ3n) is 4.60. The first kappa shape index (κ1) is 27.7. The Labute approximate surface area is 181 Å². The predicted octanol–water partition coefficient (Wildman–Crippen LogP) is -1.64. The van der Waals surface area contributed by atoms with Crippen molar-refractivity contribution in [1.29, 1.82) is 0 Å². The molecule has 0 fully saturated rings. The SMILES string of the molecule is CCC(C)C(NC(=O)C(NC(=O)C(CS)NC(=O)C(N)CC(N)=O)C(C)C)C(=O)O. The van der Waals surface area contributed by atoms with Gasteiger partial charge < -0.3 is 32.5 Å². The maximum absolute atomic E-state index is 12.7. The van der Waals surface area contributed by atoms with Gasteiger partial charge in [0, 0.05) is 5.75 Å². The number of carbonyl (C=O) groups is 5. The highest BCUT2D eigenvalue weighted by molar-refractivity contribution is 7.80. The average Bonchev–Trinajstić information content (AvgIpc) is 2.65. The van der Waals surface area contributed by atoms with Crippen molar-refractivity contribution in [2.75, 3.05) is 5.75 Å². The van der Waals surface area contributed by atoms with Crippen molar-refractivity contribution >= 4 is 42.2 Å². The molecular weight excluding hydrogens is 414 g/mol. The van der Waals surface area contributed by atoms with Gasteiger partial charge in [0.25, 0.3) is 0 Å². The molecule has 0 aliphatic heterocycles. The lowest BCUT2D eigenvalue weighted by molar-refractivity contribution is -0.144. The van der Waals surface area contributed by atoms with E-state index < -0.39 is 60.2 Å². The highest BCUT2D eigenvalue weighted by atomic mass is 32.1. The molecular formula is C18H33N5O6S. The number of rotatable bonds is 13. The van der Waals surface area contributed by atoms with Crippen molar-refractivity contribution in [2.24, 2.45) is 23.3 Å². The summed E-state index contributed by atoms with van der Waals surface area (Å²) in [5, 5.41) is 16.7. The van der Waals surface area contributed by atoms with Crippen LogP contribution >= 0.6 is 12.6 Å². The first-order valence-corrected chi connectivity index (χ1v) is 10.3. The zero-order valence-electron chi connectivity index (χ0n) is 17.7. The Morgan fingerprint density at radius 1 is 0.933 bits per heavy atom. The summed E-state index contributed by atoms with van der Waals surface area (Å²) in [6.45, 7) is 6.86. The first-order valence-electron chi connectivity index (χ1n) is 9.64. The molecule has 172 valence electrons. The van der Waals surface area contributed by atoms with Gasteiger partial charge in [-0.25, -0.2) is 4.79 Å². The van der Waals surface area contributed by atoms with E-state index in [1.54, 1.807) is 27.7 Å². The fourth-order valence-electron chi connectivity index (χ4n) is 2.50. The monoisotopic (exact) mass is 447 g/mol. The first-order chi connectivity index (χ1) is 13.8. The van der Waals surface area contributed by atoms with E-state index in [4.69, 9.17) is 11.5 Å². The molecule has 0 heterocycles. The van der Waals surface area contributed by atoms with Crippen molar-refractivity contribution in [3.63, 3.8) is 0 Å². The highest BCUT2D eigenvalue weighted by Crippen LogP contribution is 2.10. The second kappa shape index (κ2) is 13.1. The number of carbonyl (C=O) groups excluding carboxylic acids is 4. The van der Waals surface area contributed by atoms with Crippen LogP contribution in [0.1, 0.15) is 40.5 Å². The molecule has 5 atom stereocenters. The van der Waals surface area contributed by atoms with Crippen LogP contribution in [0.3, 0.4) is 0 Å². The van der Waals surface area contributed by atoms with Crippen LogP contribution < -0.4 is 27.4 Å². The third kappa shape index (κ3) is 8.99. The summed E-state index contributed by atoms with van der Waals surface area (Å²) in [7, 11) is 0. The summed E-state index contributed by atoms with van der Waals surface area (Å²) in [5.74, 6) is -4.84. The fraction of sp³-hybridized carbons (Fsp3) is 0.722. The molecule has 5 unspecified atom stereocenters. The minimum atomic E-state index is -1.23. The van der Waals surface area contributed by atoms with Crippen molar-refractivity contribution in [2.45, 2.75) is 64.7 Å². The zero-order valence-corrected chi connectivity index (χ0v) is 18.6. The second-order valence-electron chi connectivity index (χ2n) is 7.46. The van der Waals surface area contributed by atoms with E-state index in [1.807, 2.05) is 0 Å². The number of nitrogens with one attached hydrogen (secondary N) is 3. The molecule has 0 aromatic carbocycles. The summed E-state index contributed by atoms with van der Waals surface area (Å²) in [6, 6.07) is -4.50. The van der Waals surface area contributed by atoms with Gasteiger partial charge in [-0.15, -0.1) is 0 Å². The molecule has 0 bridgehead atoms. The molecule has 0 saturated carbocycles. The van der Waals surface area contributed by atoms with Gasteiger partial charge in [-0.3, -0.25) is 19.2 Å². The van der Waals surface area contributed by atoms with E-state index in [-0.39, 0.29) is 17.6 Å². The number of hydrogen-bond acceptors (Lipinski definition) is 7. The Bertz CT molecular complexity index is 645. The number of thiol groups is 1. The van der Waals surface area contributed by atoms with Gasteiger partial charge in [0.15, 0.2) is 0 Å². The van der Waals surface area contributed by atoms with Crippen LogP contribution in [0.5, 0.6) is 0 Å². The zero-order chi connectivity index (χ0) is 23.6. The van der Waals surface area contributed by atoms with E-state index in [9.17, 15) is 29.1 Å². The molecule has 8 N–H and O–H groups in total. The van der Waals surface area contributed by atoms with Crippen LogP contribution in [0.2, 0.25) is 0 Å². The maximum atomic E-state index is 12.7. The largest absolute Gasteiger partial charge is 0.480 e. The number of aliphatic carboxylic acids is 1. The number of amides is 4. The fourth-order valence-corrected chi connectivity index (χ4v) is 2.75. The summed E-state index contributed by atoms with van der Waals surface area (Å²) < 4.78 is 0. The minimum absolute atomic E-state index is 0.0993. The molecule has 0 rings (SSSR count). The molecule has 0 aliphatic rings. The molecule has 0 radical (unpaired) electrons. The lowest BCUT2D eigenvalue weighted by Gasteiger charge is -2.28. The Hall–Kier alpha value is -2.34. The Balaban J connectivity index is 5.23. The molecule has 0 aromatic rings. The quantitative estimate of drug-likeness (QED) is 0.164. The topological polar surface area (TPSA) is 194 Å². The van der Waals surface area contributed by atoms with Crippen LogP contribution in [0.15, 0.2) is 0 Å². The Morgan fingerprint density at radius 3 is 1.87 bits per heavy atom. The normalized spacial score (nSPS) is 16.0. The summed E-state index contributed by atoms with van der Waals surface area (Å²) >= 11 is 4.03. The van der Waals surface area contributed by atoms with Gasteiger partial charge in [-0.2, -0.15) is 12.6 Å². The van der Waals surface area contributed by atoms with Crippen LogP contribution in [0.4, 0.5) is 0 Å². The van der Waals surface area contributed by atoms with E-state index in [1.165, 1.54) is 0 Å². The van der Waals surface area contributed by atoms with E-state index in [0.717, 1.165) is 0 Å². The number of hydrogen-bond donors (Lipinski definition) is 7. The summed E-state index contributed by atoms with van der Waals surface area (Å²) in [4.78, 5) is 59.6. The lowest BCUT2D eigenvalue weighted by atomic mass is 9.97. The number of carboxylic acid groups (broad SMARTS) is 1. The Morgan fingerprint density at radius 2 is 1.47 bits per heavy atom. The van der Waals surface area contributed by atoms with Crippen molar-refractivity contribution in [1.82, 2.24) is 16.0 Å². The minimum Gasteiger partial charge on any atom is -0.480 e. The standard InChI is InChI=1S/C18H33N5O6S/c1-5-9(4)14(18(28)29)23-17(27)13(8(2)3)22-16(26)11(7-30)21-15(25)10(19)6-12(20)24/h8-11,13-14,30H,5-7,19H2,1-4H3,(H2,20,24)(H,21,25)(H,22,26)(H,23,27)(H,28,29). The van der Waals surface area contributed by atoms with Gasteiger partial charge >= 0.3 is 5.97 Å². The molecule has 11 nitrogen and oxygen atoms in total. The second-order valence-corrected chi connectivity index (χ2v) is 7.83. The third-order valence-corrected chi connectivity index (χ3v) is 4.96. The van der Waals surface area contributed by atoms with Crippen molar-refractivity contribution in [3.05, 3.63) is 0 Å². The summed E-state index contributed by atoms with van der Waals surface area (Å²) in [6.07, 6.45) is 0.144. The van der Waals surface area contributed by atoms with Crippen LogP contribution in [-0.2, 0) is 24.0 Å². The van der Waals surface area contributed by atoms with Gasteiger partial charge in [0.2, 0.25) is 23.6 Å². The Kier molecular flexibility index (Phi) is 12.0. The van der Waals surface area contributed by atoms with Gasteiger partial charge in [-0.05, 0) is 11.8 Å². The molecule has 4 amide bonds. The van der Waals surface area contributed by atoms with Crippen molar-refractivity contribution in [3.8, 4) is 0 Å². The van der Waals surface area contributed by atoms with Crippen LogP contribution in [0.25, 0.3) is 0 Å². The number of primary amides is 1. The molecule has 12 heteroatoms. The van der Waals surface area contributed by atoms with E-state index in [2.05, 4.69) is 28.6 Å². The van der Waals surface area contributed by atoms with Crippen LogP contribution in [0, 0.1) is 11.8 Å². The predicted molar refractivity (Wildman–Crippen MR) is 113 cm³/mol. The molecule has 0 aromatic heterocycles. The summed E-state index contributed by atoms with van der Waals surface area (Å²) in [5.41, 5.74) is 10.6. The van der Waals surface area contributed by atoms with Crippen LogP contribution in [-0.4, -0.2) is 64.6 Å². The van der Waals surface area contributed by atoms with E-state index >= 15 is 0 Å². The number of nitrogens with two attached hydrogens (primary N) is 2. The molecule has 0 spiro atoms. The number of carboxylic acids is 1. The smallest absolute Gasteiger partial charge is 0.326 e.